The van der Waals surface area contributed by atoms with E-state index in [0.717, 1.165) is 0 Å². The summed E-state index contributed by atoms with van der Waals surface area (Å²) in [6.07, 6.45) is 1.46. The molecule has 3 aromatic carbocycles. The highest BCUT2D eigenvalue weighted by Gasteiger charge is 2.13. The van der Waals surface area contributed by atoms with Crippen LogP contribution < -0.4 is 25.0 Å². The Morgan fingerprint density at radius 2 is 1.44 bits per heavy atom. The first-order valence-electron chi connectivity index (χ1n) is 9.65. The van der Waals surface area contributed by atoms with E-state index in [4.69, 9.17) is 14.2 Å². The van der Waals surface area contributed by atoms with Gasteiger partial charge in [0.25, 0.3) is 11.8 Å². The maximum Gasteiger partial charge on any atom is 0.271 e. The van der Waals surface area contributed by atoms with Crippen molar-refractivity contribution < 1.29 is 23.8 Å². The number of nitrogens with zero attached hydrogens (tertiary/aromatic N) is 1. The van der Waals surface area contributed by atoms with Crippen molar-refractivity contribution in [2.75, 3.05) is 26.6 Å². The Hall–Kier alpha value is -4.33. The van der Waals surface area contributed by atoms with Crippen LogP contribution >= 0.6 is 0 Å². The van der Waals surface area contributed by atoms with E-state index < -0.39 is 5.91 Å². The summed E-state index contributed by atoms with van der Waals surface area (Å²) in [7, 11) is 4.55. The van der Waals surface area contributed by atoms with Crippen molar-refractivity contribution in [3.05, 3.63) is 83.4 Å². The van der Waals surface area contributed by atoms with Crippen molar-refractivity contribution in [3.63, 3.8) is 0 Å². The minimum Gasteiger partial charge on any atom is -0.493 e. The molecule has 8 heteroatoms. The molecular weight excluding hydrogens is 410 g/mol. The monoisotopic (exact) mass is 433 g/mol. The zero-order chi connectivity index (χ0) is 22.9. The standard InChI is InChI=1S/C24H23N3O5/c1-30-20-12-16(13-21(31-2)22(20)32-3)15-25-27-24(29)18-10-7-11-19(14-18)26-23(28)17-8-5-4-6-9-17/h4-15H,1-3H3,(H,26,28)(H,27,29). The molecule has 8 nitrogen and oxygen atoms in total. The summed E-state index contributed by atoms with van der Waals surface area (Å²) in [5, 5.41) is 6.77. The number of hydrazone groups is 1. The predicted molar refractivity (Wildman–Crippen MR) is 122 cm³/mol. The van der Waals surface area contributed by atoms with Crippen LogP contribution in [0.5, 0.6) is 17.2 Å². The first-order chi connectivity index (χ1) is 15.5. The van der Waals surface area contributed by atoms with Crippen molar-refractivity contribution in [1.29, 1.82) is 0 Å². The first-order valence-corrected chi connectivity index (χ1v) is 9.65. The highest BCUT2D eigenvalue weighted by atomic mass is 16.5. The van der Waals surface area contributed by atoms with E-state index in [1.807, 2.05) is 6.07 Å². The molecule has 0 bridgehead atoms. The van der Waals surface area contributed by atoms with Crippen LogP contribution in [0.15, 0.2) is 71.8 Å². The van der Waals surface area contributed by atoms with Gasteiger partial charge in [-0.05, 0) is 42.5 Å². The molecule has 0 unspecified atom stereocenters. The molecule has 3 aromatic rings. The lowest BCUT2D eigenvalue weighted by Gasteiger charge is -2.12. The molecule has 0 aromatic heterocycles. The summed E-state index contributed by atoms with van der Waals surface area (Å²) >= 11 is 0. The predicted octanol–water partition coefficient (Wildman–Crippen LogP) is 3.73. The first kappa shape index (κ1) is 22.4. The third kappa shape index (κ3) is 5.42. The Kier molecular flexibility index (Phi) is 7.42. The molecule has 3 rings (SSSR count). The van der Waals surface area contributed by atoms with Crippen molar-refractivity contribution >= 4 is 23.7 Å². The lowest BCUT2D eigenvalue weighted by atomic mass is 10.1. The number of carbonyl (C=O) groups is 2. The summed E-state index contributed by atoms with van der Waals surface area (Å²) in [6, 6.07) is 18.8. The molecular formula is C24H23N3O5. The van der Waals surface area contributed by atoms with Gasteiger partial charge < -0.3 is 19.5 Å². The van der Waals surface area contributed by atoms with Gasteiger partial charge in [-0.1, -0.05) is 24.3 Å². The molecule has 0 saturated heterocycles. The second-order valence-electron chi connectivity index (χ2n) is 6.56. The van der Waals surface area contributed by atoms with Crippen LogP contribution in [-0.4, -0.2) is 39.4 Å². The topological polar surface area (TPSA) is 98.2 Å². The molecule has 2 amide bonds. The van der Waals surface area contributed by atoms with Gasteiger partial charge in [0.05, 0.1) is 27.5 Å². The van der Waals surface area contributed by atoms with Gasteiger partial charge in [0.15, 0.2) is 11.5 Å². The minimum atomic E-state index is -0.426. The average molecular weight is 433 g/mol. The van der Waals surface area contributed by atoms with Crippen LogP contribution in [0, 0.1) is 0 Å². The smallest absolute Gasteiger partial charge is 0.271 e. The van der Waals surface area contributed by atoms with Gasteiger partial charge in [-0.25, -0.2) is 5.43 Å². The Morgan fingerprint density at radius 1 is 0.781 bits per heavy atom. The Bertz CT molecular complexity index is 1100. The van der Waals surface area contributed by atoms with E-state index in [9.17, 15) is 9.59 Å². The lowest BCUT2D eigenvalue weighted by Crippen LogP contribution is -2.18. The summed E-state index contributed by atoms with van der Waals surface area (Å²) in [5.74, 6) is 0.724. The molecule has 0 aliphatic heterocycles. The molecule has 0 saturated carbocycles. The number of ether oxygens (including phenoxy) is 3. The number of benzene rings is 3. The maximum absolute atomic E-state index is 12.5. The number of nitrogens with one attached hydrogen (secondary N) is 2. The molecule has 0 spiro atoms. The number of rotatable bonds is 8. The largest absolute Gasteiger partial charge is 0.493 e. The van der Waals surface area contributed by atoms with Gasteiger partial charge >= 0.3 is 0 Å². The molecule has 0 radical (unpaired) electrons. The van der Waals surface area contributed by atoms with Crippen LogP contribution in [0.25, 0.3) is 0 Å². The van der Waals surface area contributed by atoms with Gasteiger partial charge in [0.2, 0.25) is 5.75 Å². The number of methoxy groups -OCH3 is 3. The van der Waals surface area contributed by atoms with Gasteiger partial charge in [-0.2, -0.15) is 5.10 Å². The second kappa shape index (κ2) is 10.6. The van der Waals surface area contributed by atoms with Crippen LogP contribution in [0.2, 0.25) is 0 Å². The molecule has 32 heavy (non-hydrogen) atoms. The van der Waals surface area contributed by atoms with Gasteiger partial charge in [-0.15, -0.1) is 0 Å². The average Bonchev–Trinajstić information content (AvgIpc) is 2.83. The highest BCUT2D eigenvalue weighted by Crippen LogP contribution is 2.37. The van der Waals surface area contributed by atoms with Gasteiger partial charge in [0, 0.05) is 22.4 Å². The van der Waals surface area contributed by atoms with Crippen LogP contribution in [0.1, 0.15) is 26.3 Å². The Morgan fingerprint density at radius 3 is 2.06 bits per heavy atom. The molecule has 0 heterocycles. The van der Waals surface area contributed by atoms with Crippen molar-refractivity contribution in [1.82, 2.24) is 5.43 Å². The summed E-state index contributed by atoms with van der Waals surface area (Å²) in [5.41, 5.74) is 4.48. The summed E-state index contributed by atoms with van der Waals surface area (Å²) in [6.45, 7) is 0. The van der Waals surface area contributed by atoms with E-state index in [-0.39, 0.29) is 5.91 Å². The van der Waals surface area contributed by atoms with Crippen LogP contribution in [-0.2, 0) is 0 Å². The number of hydrogen-bond donors (Lipinski definition) is 2. The van der Waals surface area contributed by atoms with Crippen molar-refractivity contribution in [3.8, 4) is 17.2 Å². The number of amides is 2. The van der Waals surface area contributed by atoms with E-state index in [1.165, 1.54) is 27.5 Å². The zero-order valence-electron chi connectivity index (χ0n) is 17.9. The number of anilines is 1. The molecule has 0 aliphatic rings. The minimum absolute atomic E-state index is 0.261. The van der Waals surface area contributed by atoms with E-state index in [1.54, 1.807) is 60.7 Å². The summed E-state index contributed by atoms with van der Waals surface area (Å²) < 4.78 is 15.9. The quantitative estimate of drug-likeness (QED) is 0.417. The molecule has 0 atom stereocenters. The Balaban J connectivity index is 1.68. The van der Waals surface area contributed by atoms with Crippen molar-refractivity contribution in [2.24, 2.45) is 5.10 Å². The zero-order valence-corrected chi connectivity index (χ0v) is 17.9. The molecule has 2 N–H and O–H groups in total. The van der Waals surface area contributed by atoms with E-state index in [0.29, 0.717) is 39.6 Å². The number of carbonyl (C=O) groups excluding carboxylic acids is 2. The SMILES string of the molecule is COc1cc(C=NNC(=O)c2cccc(NC(=O)c3ccccc3)c2)cc(OC)c1OC. The van der Waals surface area contributed by atoms with Crippen LogP contribution in [0.4, 0.5) is 5.69 Å². The molecule has 0 aliphatic carbocycles. The normalized spacial score (nSPS) is 10.5. The molecule has 0 fully saturated rings. The second-order valence-corrected chi connectivity index (χ2v) is 6.56. The Labute approximate surface area is 185 Å². The maximum atomic E-state index is 12.5. The van der Waals surface area contributed by atoms with Gasteiger partial charge in [-0.3, -0.25) is 9.59 Å². The van der Waals surface area contributed by atoms with Crippen LogP contribution in [0.3, 0.4) is 0 Å². The van der Waals surface area contributed by atoms with Crippen molar-refractivity contribution in [2.45, 2.75) is 0 Å². The third-order valence-electron chi connectivity index (χ3n) is 4.49. The summed E-state index contributed by atoms with van der Waals surface area (Å²) in [4.78, 5) is 24.8. The fourth-order valence-corrected chi connectivity index (χ4v) is 2.94. The highest BCUT2D eigenvalue weighted by molar-refractivity contribution is 6.05. The lowest BCUT2D eigenvalue weighted by molar-refractivity contribution is 0.0953. The fourth-order valence-electron chi connectivity index (χ4n) is 2.94. The van der Waals surface area contributed by atoms with E-state index >= 15 is 0 Å². The fraction of sp³-hybridized carbons (Fsp3) is 0.125. The van der Waals surface area contributed by atoms with Gasteiger partial charge in [0.1, 0.15) is 0 Å². The number of hydrogen-bond acceptors (Lipinski definition) is 6. The van der Waals surface area contributed by atoms with E-state index in [2.05, 4.69) is 15.8 Å². The molecule has 164 valence electrons. The third-order valence-corrected chi connectivity index (χ3v) is 4.49.